The van der Waals surface area contributed by atoms with Gasteiger partial charge >= 0.3 is 0 Å². The van der Waals surface area contributed by atoms with Gasteiger partial charge in [-0.05, 0) is 0 Å². The summed E-state index contributed by atoms with van der Waals surface area (Å²) in [7, 11) is -2.95. The maximum atomic E-state index is 11.4. The van der Waals surface area contributed by atoms with Crippen molar-refractivity contribution in [1.29, 1.82) is 0 Å². The Labute approximate surface area is 104 Å². The van der Waals surface area contributed by atoms with Gasteiger partial charge < -0.3 is 0 Å². The number of thioether (sulfide) groups is 1. The number of hydrogen-bond donors (Lipinski definition) is 0. The molecule has 16 heavy (non-hydrogen) atoms. The number of sulfone groups is 1. The van der Waals surface area contributed by atoms with Crippen molar-refractivity contribution < 1.29 is 8.42 Å². The van der Waals surface area contributed by atoms with Crippen molar-refractivity contribution >= 4 is 33.2 Å². The molecule has 0 N–H and O–H groups in total. The van der Waals surface area contributed by atoms with Gasteiger partial charge in [0.05, 0.1) is 18.0 Å². The summed E-state index contributed by atoms with van der Waals surface area (Å²) in [4.78, 5) is 0. The second-order valence-corrected chi connectivity index (χ2v) is 7.48. The molecule has 0 atom stereocenters. The Kier molecular flexibility index (Phi) is 3.51. The molecule has 1 aromatic rings. The Morgan fingerprint density at radius 2 is 2.25 bits per heavy atom. The Hall–Kier alpha value is -0.200. The third-order valence-electron chi connectivity index (χ3n) is 2.60. The molecule has 7 heteroatoms. The van der Waals surface area contributed by atoms with Gasteiger partial charge in [-0.25, -0.2) is 8.42 Å². The normalized spacial score (nSPS) is 15.4. The second-order valence-electron chi connectivity index (χ2n) is 3.67. The van der Waals surface area contributed by atoms with Crippen LogP contribution in [-0.2, 0) is 27.9 Å². The predicted octanol–water partition coefficient (Wildman–Crippen LogP) is 1.72. The molecule has 1 aliphatic rings. The van der Waals surface area contributed by atoms with E-state index in [1.807, 2.05) is 0 Å². The number of aromatic nitrogens is 2. The lowest BCUT2D eigenvalue weighted by atomic mass is 10.3. The second kappa shape index (κ2) is 4.58. The molecular weight excluding hydrogens is 268 g/mol. The zero-order valence-corrected chi connectivity index (χ0v) is 11.3. The van der Waals surface area contributed by atoms with E-state index in [-0.39, 0.29) is 11.5 Å². The molecule has 0 saturated carbocycles. The molecule has 2 rings (SSSR count). The quantitative estimate of drug-likeness (QED) is 0.843. The minimum Gasteiger partial charge on any atom is -0.252 e. The number of nitrogens with zero attached hydrogens (tertiary/aromatic N) is 2. The van der Waals surface area contributed by atoms with Crippen molar-refractivity contribution in [1.82, 2.24) is 9.78 Å². The molecule has 0 fully saturated rings. The van der Waals surface area contributed by atoms with Crippen LogP contribution in [0.4, 0.5) is 0 Å². The maximum absolute atomic E-state index is 11.4. The summed E-state index contributed by atoms with van der Waals surface area (Å²) in [6.45, 7) is 2.00. The molecule has 0 aromatic carbocycles. The van der Waals surface area contributed by atoms with E-state index in [0.29, 0.717) is 11.7 Å². The number of hydrogen-bond acceptors (Lipinski definition) is 4. The van der Waals surface area contributed by atoms with Crippen molar-refractivity contribution in [2.75, 3.05) is 11.5 Å². The van der Waals surface area contributed by atoms with Gasteiger partial charge in [-0.15, -0.1) is 0 Å². The van der Waals surface area contributed by atoms with Crippen molar-refractivity contribution in [3.8, 4) is 0 Å². The van der Waals surface area contributed by atoms with Gasteiger partial charge in [-0.1, -0.05) is 18.5 Å². The lowest BCUT2D eigenvalue weighted by Gasteiger charge is -2.04. The highest BCUT2D eigenvalue weighted by atomic mass is 35.5. The first kappa shape index (κ1) is 12.3. The standard InChI is InChI=1S/C9H13ClN2O2S2/c1-2-16(13,14)4-3-12-9(10)7-5-15-6-8(7)11-12/h2-6H2,1H3. The largest absolute Gasteiger partial charge is 0.252 e. The average Bonchev–Trinajstić information content (AvgIpc) is 2.80. The summed E-state index contributed by atoms with van der Waals surface area (Å²) >= 11 is 7.92. The third-order valence-corrected chi connectivity index (χ3v) is 5.68. The van der Waals surface area contributed by atoms with Crippen molar-refractivity contribution in [2.45, 2.75) is 25.0 Å². The van der Waals surface area contributed by atoms with Crippen LogP contribution in [0.25, 0.3) is 0 Å². The Morgan fingerprint density at radius 3 is 2.88 bits per heavy atom. The number of aryl methyl sites for hydroxylation is 1. The lowest BCUT2D eigenvalue weighted by Crippen LogP contribution is -2.15. The SMILES string of the molecule is CCS(=O)(=O)CCn1nc2c(c1Cl)CSC2. The van der Waals surface area contributed by atoms with Gasteiger partial charge in [-0.2, -0.15) is 16.9 Å². The molecule has 2 heterocycles. The average molecular weight is 281 g/mol. The predicted molar refractivity (Wildman–Crippen MR) is 66.6 cm³/mol. The minimum absolute atomic E-state index is 0.108. The highest BCUT2D eigenvalue weighted by Gasteiger charge is 2.21. The van der Waals surface area contributed by atoms with Crippen LogP contribution in [0.15, 0.2) is 0 Å². The molecule has 1 aliphatic heterocycles. The maximum Gasteiger partial charge on any atom is 0.151 e. The van der Waals surface area contributed by atoms with Crippen molar-refractivity contribution in [3.05, 3.63) is 16.4 Å². The molecule has 90 valence electrons. The Balaban J connectivity index is 2.12. The van der Waals surface area contributed by atoms with Crippen LogP contribution in [0.5, 0.6) is 0 Å². The zero-order chi connectivity index (χ0) is 11.8. The summed E-state index contributed by atoms with van der Waals surface area (Å²) in [5.74, 6) is 2.04. The molecule has 0 bridgehead atoms. The molecule has 0 amide bonds. The van der Waals surface area contributed by atoms with Crippen LogP contribution >= 0.6 is 23.4 Å². The monoisotopic (exact) mass is 280 g/mol. The van der Waals surface area contributed by atoms with Crippen LogP contribution in [0.3, 0.4) is 0 Å². The van der Waals surface area contributed by atoms with Crippen LogP contribution < -0.4 is 0 Å². The number of fused-ring (bicyclic) bond motifs is 1. The minimum atomic E-state index is -2.95. The lowest BCUT2D eigenvalue weighted by molar-refractivity contribution is 0.581. The summed E-state index contributed by atoms with van der Waals surface area (Å²) in [5, 5.41) is 4.93. The summed E-state index contributed by atoms with van der Waals surface area (Å²) in [6, 6.07) is 0. The van der Waals surface area contributed by atoms with Gasteiger partial charge in [0.1, 0.15) is 5.15 Å². The van der Waals surface area contributed by atoms with Crippen molar-refractivity contribution in [3.63, 3.8) is 0 Å². The van der Waals surface area contributed by atoms with Gasteiger partial charge in [0.15, 0.2) is 9.84 Å². The highest BCUT2D eigenvalue weighted by Crippen LogP contribution is 2.34. The summed E-state index contributed by atoms with van der Waals surface area (Å²) in [5.41, 5.74) is 2.07. The number of rotatable bonds is 4. The van der Waals surface area contributed by atoms with Gasteiger partial charge in [0, 0.05) is 22.8 Å². The highest BCUT2D eigenvalue weighted by molar-refractivity contribution is 7.98. The van der Waals surface area contributed by atoms with E-state index in [2.05, 4.69) is 5.10 Å². The molecule has 0 radical (unpaired) electrons. The topological polar surface area (TPSA) is 52.0 Å². The first-order valence-corrected chi connectivity index (χ1v) is 8.41. The van der Waals surface area contributed by atoms with E-state index in [1.54, 1.807) is 23.4 Å². The van der Waals surface area contributed by atoms with E-state index in [9.17, 15) is 8.42 Å². The van der Waals surface area contributed by atoms with Crippen LogP contribution in [-0.4, -0.2) is 29.7 Å². The molecule has 0 aliphatic carbocycles. The molecular formula is C9H13ClN2O2S2. The Morgan fingerprint density at radius 1 is 1.50 bits per heavy atom. The van der Waals surface area contributed by atoms with Crippen LogP contribution in [0.2, 0.25) is 5.15 Å². The van der Waals surface area contributed by atoms with E-state index >= 15 is 0 Å². The summed E-state index contributed by atoms with van der Waals surface area (Å²) < 4.78 is 24.4. The van der Waals surface area contributed by atoms with Gasteiger partial charge in [0.25, 0.3) is 0 Å². The molecule has 0 saturated heterocycles. The summed E-state index contributed by atoms with van der Waals surface area (Å²) in [6.07, 6.45) is 0. The first-order chi connectivity index (χ1) is 7.53. The van der Waals surface area contributed by atoms with Gasteiger partial charge in [-0.3, -0.25) is 4.68 Å². The number of halogens is 1. The molecule has 4 nitrogen and oxygen atoms in total. The fraction of sp³-hybridized carbons (Fsp3) is 0.667. The van der Waals surface area contributed by atoms with E-state index in [4.69, 9.17) is 11.6 Å². The van der Waals surface area contributed by atoms with E-state index in [0.717, 1.165) is 22.8 Å². The molecule has 0 spiro atoms. The van der Waals surface area contributed by atoms with Crippen LogP contribution in [0, 0.1) is 0 Å². The van der Waals surface area contributed by atoms with Crippen LogP contribution in [0.1, 0.15) is 18.2 Å². The first-order valence-electron chi connectivity index (χ1n) is 5.05. The van der Waals surface area contributed by atoms with Gasteiger partial charge in [0.2, 0.25) is 0 Å². The molecule has 1 aromatic heterocycles. The Bertz CT molecular complexity index is 496. The zero-order valence-electron chi connectivity index (χ0n) is 8.94. The fourth-order valence-corrected chi connectivity index (χ4v) is 3.70. The third kappa shape index (κ3) is 2.38. The smallest absolute Gasteiger partial charge is 0.151 e. The van der Waals surface area contributed by atoms with E-state index in [1.165, 1.54) is 0 Å². The fourth-order valence-electron chi connectivity index (χ4n) is 1.55. The van der Waals surface area contributed by atoms with E-state index < -0.39 is 9.84 Å². The van der Waals surface area contributed by atoms with Crippen molar-refractivity contribution in [2.24, 2.45) is 0 Å². The molecule has 0 unspecified atom stereocenters.